The first kappa shape index (κ1) is 14.3. The molecule has 0 aromatic carbocycles. The van der Waals surface area contributed by atoms with E-state index in [1.54, 1.807) is 20.9 Å². The molecule has 0 fully saturated rings. The Hall–Kier alpha value is -1.14. The fourth-order valence-electron chi connectivity index (χ4n) is 1.87. The first-order valence-corrected chi connectivity index (χ1v) is 7.61. The van der Waals surface area contributed by atoms with Gasteiger partial charge in [0.1, 0.15) is 6.54 Å². The van der Waals surface area contributed by atoms with Crippen LogP contribution in [0.2, 0.25) is 0 Å². The van der Waals surface area contributed by atoms with Crippen LogP contribution >= 0.6 is 27.3 Å². The maximum absolute atomic E-state index is 12.1. The number of nitrogens with zero attached hydrogens (tertiary/aromatic N) is 3. The van der Waals surface area contributed by atoms with Crippen molar-refractivity contribution in [2.45, 2.75) is 26.9 Å². The van der Waals surface area contributed by atoms with Gasteiger partial charge in [-0.3, -0.25) is 9.48 Å². The van der Waals surface area contributed by atoms with Crippen LogP contribution in [0.25, 0.3) is 0 Å². The van der Waals surface area contributed by atoms with Crippen LogP contribution in [0.5, 0.6) is 0 Å². The van der Waals surface area contributed by atoms with Crippen LogP contribution in [0.15, 0.2) is 21.3 Å². The van der Waals surface area contributed by atoms with E-state index < -0.39 is 0 Å². The van der Waals surface area contributed by atoms with Gasteiger partial charge in [0.05, 0.1) is 9.48 Å². The molecular formula is C13H16BrN3OS. The van der Waals surface area contributed by atoms with Gasteiger partial charge in [0, 0.05) is 19.3 Å². The van der Waals surface area contributed by atoms with Gasteiger partial charge >= 0.3 is 0 Å². The summed E-state index contributed by atoms with van der Waals surface area (Å²) in [5, 5.41) is 6.36. The molecule has 0 saturated carbocycles. The van der Waals surface area contributed by atoms with E-state index >= 15 is 0 Å². The van der Waals surface area contributed by atoms with Crippen molar-refractivity contribution in [3.05, 3.63) is 38.3 Å². The van der Waals surface area contributed by atoms with Gasteiger partial charge < -0.3 is 4.90 Å². The molecule has 0 aliphatic rings. The molecule has 0 aliphatic carbocycles. The minimum Gasteiger partial charge on any atom is -0.340 e. The Bertz CT molecular complexity index is 590. The molecule has 102 valence electrons. The second-order valence-corrected chi connectivity index (χ2v) is 6.88. The van der Waals surface area contributed by atoms with E-state index in [9.17, 15) is 4.79 Å². The van der Waals surface area contributed by atoms with Gasteiger partial charge in [-0.25, -0.2) is 0 Å². The number of thiophene rings is 1. The van der Waals surface area contributed by atoms with Crippen LogP contribution in [0, 0.1) is 13.8 Å². The predicted octanol–water partition coefficient (Wildman–Crippen LogP) is 2.98. The minimum absolute atomic E-state index is 0.0634. The smallest absolute Gasteiger partial charge is 0.244 e. The van der Waals surface area contributed by atoms with Crippen LogP contribution in [0.4, 0.5) is 0 Å². The SMILES string of the molecule is Cc1cc(C)n(CC(=O)N(C)Cc2csc(Br)c2)n1. The van der Waals surface area contributed by atoms with Crippen molar-refractivity contribution in [1.29, 1.82) is 0 Å². The molecule has 6 heteroatoms. The van der Waals surface area contributed by atoms with Crippen molar-refractivity contribution >= 4 is 33.2 Å². The summed E-state index contributed by atoms with van der Waals surface area (Å²) in [6.07, 6.45) is 0. The van der Waals surface area contributed by atoms with E-state index in [-0.39, 0.29) is 5.91 Å². The fourth-order valence-corrected chi connectivity index (χ4v) is 3.07. The Morgan fingerprint density at radius 1 is 1.47 bits per heavy atom. The van der Waals surface area contributed by atoms with Crippen LogP contribution in [0.1, 0.15) is 17.0 Å². The second kappa shape index (κ2) is 5.88. The Morgan fingerprint density at radius 2 is 2.21 bits per heavy atom. The zero-order chi connectivity index (χ0) is 14.0. The average Bonchev–Trinajstić information content (AvgIpc) is 2.85. The number of likely N-dealkylation sites (N-methyl/N-ethyl adjacent to an activating group) is 1. The quantitative estimate of drug-likeness (QED) is 0.857. The third-order valence-electron chi connectivity index (χ3n) is 2.86. The van der Waals surface area contributed by atoms with E-state index in [1.807, 2.05) is 33.0 Å². The maximum Gasteiger partial charge on any atom is 0.244 e. The topological polar surface area (TPSA) is 38.1 Å². The summed E-state index contributed by atoms with van der Waals surface area (Å²) in [4.78, 5) is 13.9. The highest BCUT2D eigenvalue weighted by Crippen LogP contribution is 2.21. The van der Waals surface area contributed by atoms with Gasteiger partial charge in [-0.2, -0.15) is 5.10 Å². The Morgan fingerprint density at radius 3 is 2.74 bits per heavy atom. The lowest BCUT2D eigenvalue weighted by atomic mass is 10.3. The highest BCUT2D eigenvalue weighted by Gasteiger charge is 2.12. The van der Waals surface area contributed by atoms with Crippen molar-refractivity contribution in [2.75, 3.05) is 7.05 Å². The second-order valence-electron chi connectivity index (χ2n) is 4.59. The van der Waals surface area contributed by atoms with Crippen molar-refractivity contribution in [1.82, 2.24) is 14.7 Å². The highest BCUT2D eigenvalue weighted by atomic mass is 79.9. The summed E-state index contributed by atoms with van der Waals surface area (Å²) < 4.78 is 2.83. The molecule has 0 aliphatic heterocycles. The van der Waals surface area contributed by atoms with E-state index in [0.717, 1.165) is 20.7 Å². The lowest BCUT2D eigenvalue weighted by Crippen LogP contribution is -2.30. The highest BCUT2D eigenvalue weighted by molar-refractivity contribution is 9.11. The minimum atomic E-state index is 0.0634. The van der Waals surface area contributed by atoms with Crippen LogP contribution in [-0.4, -0.2) is 27.6 Å². The lowest BCUT2D eigenvalue weighted by Gasteiger charge is -2.16. The number of hydrogen-bond acceptors (Lipinski definition) is 3. The normalized spacial score (nSPS) is 10.7. The summed E-state index contributed by atoms with van der Waals surface area (Å²) in [6, 6.07) is 4.01. The number of carbonyl (C=O) groups excluding carboxylic acids is 1. The van der Waals surface area contributed by atoms with Gasteiger partial charge in [0.25, 0.3) is 0 Å². The number of halogens is 1. The summed E-state index contributed by atoms with van der Waals surface area (Å²) in [6.45, 7) is 4.81. The standard InChI is InChI=1S/C13H16BrN3OS/c1-9-4-10(2)17(15-9)7-13(18)16(3)6-11-5-12(14)19-8-11/h4-5,8H,6-7H2,1-3H3. The molecule has 2 heterocycles. The number of aromatic nitrogens is 2. The summed E-state index contributed by atoms with van der Waals surface area (Å²) in [5.41, 5.74) is 3.09. The first-order chi connectivity index (χ1) is 8.95. The van der Waals surface area contributed by atoms with E-state index in [1.165, 1.54) is 0 Å². The zero-order valence-electron chi connectivity index (χ0n) is 11.2. The predicted molar refractivity (Wildman–Crippen MR) is 80.2 cm³/mol. The molecule has 0 spiro atoms. The molecule has 2 rings (SSSR count). The molecular weight excluding hydrogens is 326 g/mol. The summed E-state index contributed by atoms with van der Waals surface area (Å²) in [7, 11) is 1.82. The molecule has 4 nitrogen and oxygen atoms in total. The first-order valence-electron chi connectivity index (χ1n) is 5.93. The van der Waals surface area contributed by atoms with E-state index in [2.05, 4.69) is 26.4 Å². The number of rotatable bonds is 4. The largest absolute Gasteiger partial charge is 0.340 e. The third kappa shape index (κ3) is 3.67. The van der Waals surface area contributed by atoms with Crippen molar-refractivity contribution in [2.24, 2.45) is 0 Å². The van der Waals surface area contributed by atoms with Crippen molar-refractivity contribution in [3.63, 3.8) is 0 Å². The Labute approximate surface area is 125 Å². The van der Waals surface area contributed by atoms with Crippen LogP contribution in [0.3, 0.4) is 0 Å². The van der Waals surface area contributed by atoms with Crippen molar-refractivity contribution < 1.29 is 4.79 Å². The number of carbonyl (C=O) groups is 1. The lowest BCUT2D eigenvalue weighted by molar-refractivity contribution is -0.131. The summed E-state index contributed by atoms with van der Waals surface area (Å²) in [5.74, 6) is 0.0634. The number of aryl methyl sites for hydroxylation is 2. The molecule has 1 amide bonds. The van der Waals surface area contributed by atoms with Crippen LogP contribution < -0.4 is 0 Å². The van der Waals surface area contributed by atoms with Gasteiger partial charge in [-0.1, -0.05) is 0 Å². The maximum atomic E-state index is 12.1. The molecule has 0 unspecified atom stereocenters. The monoisotopic (exact) mass is 341 g/mol. The van der Waals surface area contributed by atoms with Gasteiger partial charge in [0.15, 0.2) is 0 Å². The third-order valence-corrected chi connectivity index (χ3v) is 4.41. The molecule has 0 N–H and O–H groups in total. The molecule has 0 radical (unpaired) electrons. The van der Waals surface area contributed by atoms with E-state index in [0.29, 0.717) is 13.1 Å². The average molecular weight is 342 g/mol. The molecule has 19 heavy (non-hydrogen) atoms. The van der Waals surface area contributed by atoms with Gasteiger partial charge in [0.2, 0.25) is 5.91 Å². The van der Waals surface area contributed by atoms with Crippen molar-refractivity contribution in [3.8, 4) is 0 Å². The van der Waals surface area contributed by atoms with Gasteiger partial charge in [-0.05, 0) is 52.9 Å². The van der Waals surface area contributed by atoms with E-state index in [4.69, 9.17) is 0 Å². The zero-order valence-corrected chi connectivity index (χ0v) is 13.6. The molecule has 0 atom stereocenters. The number of amides is 1. The van der Waals surface area contributed by atoms with Gasteiger partial charge in [-0.15, -0.1) is 11.3 Å². The molecule has 0 saturated heterocycles. The summed E-state index contributed by atoms with van der Waals surface area (Å²) >= 11 is 5.06. The Kier molecular flexibility index (Phi) is 4.42. The molecule has 2 aromatic heterocycles. The molecule has 2 aromatic rings. The van der Waals surface area contributed by atoms with Crippen LogP contribution in [-0.2, 0) is 17.9 Å². The Balaban J connectivity index is 1.97. The number of hydrogen-bond donors (Lipinski definition) is 0. The fraction of sp³-hybridized carbons (Fsp3) is 0.385. The molecule has 0 bridgehead atoms.